The fraction of sp³-hybridized carbons (Fsp3) is 0.0833. The lowest BCUT2D eigenvalue weighted by molar-refractivity contribution is 0.580. The fourth-order valence-corrected chi connectivity index (χ4v) is 2.98. The highest BCUT2D eigenvalue weighted by Crippen LogP contribution is 2.15. The molecule has 0 aliphatic carbocycles. The summed E-state index contributed by atoms with van der Waals surface area (Å²) < 4.78 is 27.2. The van der Waals surface area contributed by atoms with Crippen LogP contribution in [0.5, 0.6) is 0 Å². The Bertz CT molecular complexity index is 630. The second kappa shape index (κ2) is 5.60. The van der Waals surface area contributed by atoms with Crippen LogP contribution in [0.3, 0.4) is 0 Å². The van der Waals surface area contributed by atoms with Gasteiger partial charge in [-0.3, -0.25) is 4.98 Å². The predicted octanol–water partition coefficient (Wildman–Crippen LogP) is 2.32. The third-order valence-electron chi connectivity index (χ3n) is 2.28. The van der Waals surface area contributed by atoms with E-state index in [0.717, 1.165) is 4.47 Å². The molecule has 18 heavy (non-hydrogen) atoms. The Morgan fingerprint density at radius 1 is 1.17 bits per heavy atom. The fourth-order valence-electron chi connectivity index (χ4n) is 1.39. The van der Waals surface area contributed by atoms with Gasteiger partial charge in [0.15, 0.2) is 0 Å². The van der Waals surface area contributed by atoms with Gasteiger partial charge in [0, 0.05) is 10.7 Å². The molecule has 0 atom stereocenters. The van der Waals surface area contributed by atoms with Crippen molar-refractivity contribution >= 4 is 26.0 Å². The Hall–Kier alpha value is -1.24. The van der Waals surface area contributed by atoms with Crippen LogP contribution in [0.2, 0.25) is 0 Å². The minimum Gasteiger partial charge on any atom is -0.260 e. The van der Waals surface area contributed by atoms with E-state index in [9.17, 15) is 8.42 Å². The number of halogens is 1. The molecule has 1 N–H and O–H groups in total. The highest BCUT2D eigenvalue weighted by Gasteiger charge is 2.13. The first kappa shape index (κ1) is 13.2. The zero-order chi connectivity index (χ0) is 13.0. The lowest BCUT2D eigenvalue weighted by Crippen LogP contribution is -2.23. The quantitative estimate of drug-likeness (QED) is 0.938. The second-order valence-electron chi connectivity index (χ2n) is 3.60. The first-order valence-corrected chi connectivity index (χ1v) is 7.51. The molecule has 0 amide bonds. The van der Waals surface area contributed by atoms with Gasteiger partial charge in [-0.15, -0.1) is 0 Å². The van der Waals surface area contributed by atoms with E-state index in [4.69, 9.17) is 0 Å². The molecule has 2 rings (SSSR count). The predicted molar refractivity (Wildman–Crippen MR) is 72.4 cm³/mol. The molecule has 1 aromatic heterocycles. The molecule has 2 aromatic rings. The molecule has 0 spiro atoms. The highest BCUT2D eigenvalue weighted by molar-refractivity contribution is 9.10. The lowest BCUT2D eigenvalue weighted by atomic mass is 10.4. The van der Waals surface area contributed by atoms with Gasteiger partial charge < -0.3 is 0 Å². The maximum absolute atomic E-state index is 12.0. The van der Waals surface area contributed by atoms with Gasteiger partial charge in [-0.05, 0) is 30.3 Å². The number of pyridine rings is 1. The average Bonchev–Trinajstić information content (AvgIpc) is 2.38. The van der Waals surface area contributed by atoms with Crippen molar-refractivity contribution in [2.24, 2.45) is 0 Å². The van der Waals surface area contributed by atoms with Crippen LogP contribution < -0.4 is 4.72 Å². The largest absolute Gasteiger partial charge is 0.260 e. The minimum atomic E-state index is -3.50. The Balaban J connectivity index is 2.13. The van der Waals surface area contributed by atoms with E-state index >= 15 is 0 Å². The Morgan fingerprint density at radius 2 is 2.00 bits per heavy atom. The van der Waals surface area contributed by atoms with Crippen molar-refractivity contribution in [2.75, 3.05) is 0 Å². The molecule has 1 aromatic carbocycles. The van der Waals surface area contributed by atoms with Crippen LogP contribution >= 0.6 is 15.9 Å². The van der Waals surface area contributed by atoms with Gasteiger partial charge in [0.1, 0.15) is 0 Å². The topological polar surface area (TPSA) is 59.1 Å². The maximum Gasteiger partial charge on any atom is 0.240 e. The summed E-state index contributed by atoms with van der Waals surface area (Å²) in [6, 6.07) is 11.9. The molecule has 0 saturated heterocycles. The number of rotatable bonds is 4. The molecule has 4 nitrogen and oxygen atoms in total. The number of benzene rings is 1. The van der Waals surface area contributed by atoms with Crippen LogP contribution in [-0.4, -0.2) is 13.4 Å². The van der Waals surface area contributed by atoms with Crippen molar-refractivity contribution in [3.05, 3.63) is 58.8 Å². The monoisotopic (exact) mass is 326 g/mol. The number of aromatic nitrogens is 1. The molecule has 94 valence electrons. The maximum atomic E-state index is 12.0. The Labute approximate surface area is 114 Å². The molecule has 0 aliphatic heterocycles. The van der Waals surface area contributed by atoms with E-state index in [1.165, 1.54) is 0 Å². The molecule has 0 saturated carbocycles. The molecular weight excluding hydrogens is 316 g/mol. The Morgan fingerprint density at radius 3 is 2.67 bits per heavy atom. The van der Waals surface area contributed by atoms with Gasteiger partial charge in [0.05, 0.1) is 17.1 Å². The zero-order valence-electron chi connectivity index (χ0n) is 9.38. The third kappa shape index (κ3) is 3.38. The van der Waals surface area contributed by atoms with Crippen molar-refractivity contribution in [1.29, 1.82) is 0 Å². The van der Waals surface area contributed by atoms with Crippen LogP contribution in [-0.2, 0) is 16.6 Å². The molecule has 6 heteroatoms. The van der Waals surface area contributed by atoms with Gasteiger partial charge >= 0.3 is 0 Å². The number of nitrogens with one attached hydrogen (secondary N) is 1. The summed E-state index contributed by atoms with van der Waals surface area (Å²) in [5, 5.41) is 0. The van der Waals surface area contributed by atoms with Crippen LogP contribution in [0.1, 0.15) is 5.69 Å². The summed E-state index contributed by atoms with van der Waals surface area (Å²) >= 11 is 3.25. The summed E-state index contributed by atoms with van der Waals surface area (Å²) in [5.41, 5.74) is 0.677. The first-order chi connectivity index (χ1) is 8.58. The SMILES string of the molecule is O=S(=O)(NCc1ccccn1)c1cccc(Br)c1. The number of sulfonamides is 1. The normalized spacial score (nSPS) is 11.4. The van der Waals surface area contributed by atoms with Gasteiger partial charge in [0.25, 0.3) is 0 Å². The van der Waals surface area contributed by atoms with Crippen molar-refractivity contribution in [1.82, 2.24) is 9.71 Å². The van der Waals surface area contributed by atoms with Crippen molar-refractivity contribution < 1.29 is 8.42 Å². The van der Waals surface area contributed by atoms with Crippen LogP contribution in [0.25, 0.3) is 0 Å². The lowest BCUT2D eigenvalue weighted by Gasteiger charge is -2.06. The van der Waals surface area contributed by atoms with Gasteiger partial charge in [0.2, 0.25) is 10.0 Å². The summed E-state index contributed by atoms with van der Waals surface area (Å²) in [5.74, 6) is 0. The zero-order valence-corrected chi connectivity index (χ0v) is 11.8. The van der Waals surface area contributed by atoms with Gasteiger partial charge in [-0.1, -0.05) is 28.1 Å². The van der Waals surface area contributed by atoms with Crippen molar-refractivity contribution in [3.63, 3.8) is 0 Å². The molecule has 0 radical (unpaired) electrons. The van der Waals surface area contributed by atoms with Crippen LogP contribution in [0, 0.1) is 0 Å². The summed E-state index contributed by atoms with van der Waals surface area (Å²) in [4.78, 5) is 4.29. The summed E-state index contributed by atoms with van der Waals surface area (Å²) in [6.07, 6.45) is 1.63. The van der Waals surface area contributed by atoms with Crippen molar-refractivity contribution in [2.45, 2.75) is 11.4 Å². The van der Waals surface area contributed by atoms with E-state index in [1.807, 2.05) is 6.07 Å². The smallest absolute Gasteiger partial charge is 0.240 e. The summed E-state index contributed by atoms with van der Waals surface area (Å²) in [7, 11) is -3.50. The van der Waals surface area contributed by atoms with Crippen LogP contribution in [0.4, 0.5) is 0 Å². The van der Waals surface area contributed by atoms with E-state index < -0.39 is 10.0 Å². The summed E-state index contributed by atoms with van der Waals surface area (Å²) in [6.45, 7) is 0.176. The van der Waals surface area contributed by atoms with E-state index in [1.54, 1.807) is 42.6 Å². The third-order valence-corrected chi connectivity index (χ3v) is 4.17. The number of nitrogens with zero attached hydrogens (tertiary/aromatic N) is 1. The average molecular weight is 327 g/mol. The van der Waals surface area contributed by atoms with Gasteiger partial charge in [-0.2, -0.15) is 0 Å². The number of hydrogen-bond donors (Lipinski definition) is 1. The molecule has 0 aliphatic rings. The van der Waals surface area contributed by atoms with E-state index in [0.29, 0.717) is 5.69 Å². The molecule has 0 bridgehead atoms. The van der Waals surface area contributed by atoms with E-state index in [-0.39, 0.29) is 11.4 Å². The molecule has 0 fully saturated rings. The minimum absolute atomic E-state index is 0.176. The second-order valence-corrected chi connectivity index (χ2v) is 6.29. The molecule has 0 unspecified atom stereocenters. The first-order valence-electron chi connectivity index (χ1n) is 5.23. The van der Waals surface area contributed by atoms with Crippen LogP contribution in [0.15, 0.2) is 58.0 Å². The Kier molecular flexibility index (Phi) is 4.11. The molecular formula is C12H11BrN2O2S. The highest BCUT2D eigenvalue weighted by atomic mass is 79.9. The molecule has 1 heterocycles. The van der Waals surface area contributed by atoms with E-state index in [2.05, 4.69) is 25.6 Å². The van der Waals surface area contributed by atoms with Crippen molar-refractivity contribution in [3.8, 4) is 0 Å². The number of hydrogen-bond acceptors (Lipinski definition) is 3. The standard InChI is InChI=1S/C12H11BrN2O2S/c13-10-4-3-6-12(8-10)18(16,17)15-9-11-5-1-2-7-14-11/h1-8,15H,9H2. The van der Waals surface area contributed by atoms with Gasteiger partial charge in [-0.25, -0.2) is 13.1 Å².